The van der Waals surface area contributed by atoms with Crippen LogP contribution in [0.15, 0.2) is 47.6 Å². The van der Waals surface area contributed by atoms with Crippen LogP contribution >= 0.6 is 0 Å². The minimum atomic E-state index is -0.0937. The molecule has 25 heavy (non-hydrogen) atoms. The quantitative estimate of drug-likeness (QED) is 0.591. The molecule has 0 aliphatic carbocycles. The van der Waals surface area contributed by atoms with Gasteiger partial charge in [0, 0.05) is 6.42 Å². The first-order valence-electron chi connectivity index (χ1n) is 8.22. The number of carbonyl (C=O) groups excluding carboxylic acids is 1. The lowest BCUT2D eigenvalue weighted by Crippen LogP contribution is -2.17. The van der Waals surface area contributed by atoms with Gasteiger partial charge < -0.3 is 9.47 Å². The Hall–Kier alpha value is -2.82. The molecule has 2 aromatic carbocycles. The first-order valence-corrected chi connectivity index (χ1v) is 8.22. The van der Waals surface area contributed by atoms with E-state index in [1.807, 2.05) is 49.4 Å². The van der Waals surface area contributed by atoms with Gasteiger partial charge in [-0.25, -0.2) is 5.43 Å². The van der Waals surface area contributed by atoms with Crippen molar-refractivity contribution in [1.29, 1.82) is 0 Å². The Morgan fingerprint density at radius 3 is 2.56 bits per heavy atom. The van der Waals surface area contributed by atoms with Crippen molar-refractivity contribution in [2.45, 2.75) is 26.2 Å². The summed E-state index contributed by atoms with van der Waals surface area (Å²) < 4.78 is 10.4. The van der Waals surface area contributed by atoms with Gasteiger partial charge in [-0.05, 0) is 54.7 Å². The number of ether oxygens (including phenoxy) is 2. The molecule has 0 saturated carbocycles. The molecule has 1 amide bonds. The van der Waals surface area contributed by atoms with Crippen LogP contribution < -0.4 is 14.9 Å². The third-order valence-corrected chi connectivity index (χ3v) is 3.86. The second-order valence-corrected chi connectivity index (χ2v) is 5.72. The standard InChI is InChI=1S/C20H24N2O3/c1-15-7-8-17(13-19(15)25-3)14-21-22-20(23)6-4-5-16-9-11-18(24-2)12-10-16/h7-14H,4-6H2,1-3H3,(H,22,23)/b21-14+. The highest BCUT2D eigenvalue weighted by molar-refractivity contribution is 5.83. The summed E-state index contributed by atoms with van der Waals surface area (Å²) in [6.07, 6.45) is 3.66. The predicted molar refractivity (Wildman–Crippen MR) is 99.4 cm³/mol. The normalized spacial score (nSPS) is 10.7. The third kappa shape index (κ3) is 5.95. The number of amides is 1. The number of hydrogen-bond acceptors (Lipinski definition) is 4. The molecule has 0 fully saturated rings. The zero-order chi connectivity index (χ0) is 18.1. The second kappa shape index (κ2) is 9.47. The molecule has 0 heterocycles. The maximum absolute atomic E-state index is 11.8. The molecule has 0 spiro atoms. The smallest absolute Gasteiger partial charge is 0.240 e. The molecule has 0 unspecified atom stereocenters. The van der Waals surface area contributed by atoms with Crippen LogP contribution in [0, 0.1) is 6.92 Å². The highest BCUT2D eigenvalue weighted by atomic mass is 16.5. The highest BCUT2D eigenvalue weighted by Gasteiger charge is 2.02. The van der Waals surface area contributed by atoms with Crippen LogP contribution in [0.1, 0.15) is 29.5 Å². The number of nitrogens with one attached hydrogen (secondary N) is 1. The van der Waals surface area contributed by atoms with E-state index in [-0.39, 0.29) is 5.91 Å². The van der Waals surface area contributed by atoms with Crippen LogP contribution in [0.3, 0.4) is 0 Å². The summed E-state index contributed by atoms with van der Waals surface area (Å²) in [5.41, 5.74) is 5.68. The van der Waals surface area contributed by atoms with E-state index in [4.69, 9.17) is 9.47 Å². The van der Waals surface area contributed by atoms with Gasteiger partial charge in [-0.3, -0.25) is 4.79 Å². The first kappa shape index (κ1) is 18.5. The molecule has 5 heteroatoms. The van der Waals surface area contributed by atoms with Gasteiger partial charge in [0.2, 0.25) is 5.91 Å². The van der Waals surface area contributed by atoms with Crippen LogP contribution in [-0.4, -0.2) is 26.3 Å². The van der Waals surface area contributed by atoms with E-state index >= 15 is 0 Å². The van der Waals surface area contributed by atoms with Crippen molar-refractivity contribution in [3.05, 3.63) is 59.2 Å². The molecule has 5 nitrogen and oxygen atoms in total. The number of methoxy groups -OCH3 is 2. The van der Waals surface area contributed by atoms with E-state index in [1.165, 1.54) is 5.56 Å². The Bertz CT molecular complexity index is 724. The number of carbonyl (C=O) groups is 1. The highest BCUT2D eigenvalue weighted by Crippen LogP contribution is 2.17. The van der Waals surface area contributed by atoms with Gasteiger partial charge in [0.15, 0.2) is 0 Å². The van der Waals surface area contributed by atoms with Crippen LogP contribution in [0.5, 0.6) is 11.5 Å². The van der Waals surface area contributed by atoms with E-state index in [1.54, 1.807) is 20.4 Å². The van der Waals surface area contributed by atoms with Crippen molar-refractivity contribution >= 4 is 12.1 Å². The summed E-state index contributed by atoms with van der Waals surface area (Å²) in [4.78, 5) is 11.8. The summed E-state index contributed by atoms with van der Waals surface area (Å²) in [6.45, 7) is 1.98. The summed E-state index contributed by atoms with van der Waals surface area (Å²) >= 11 is 0. The molecule has 2 aromatic rings. The van der Waals surface area contributed by atoms with E-state index in [0.29, 0.717) is 6.42 Å². The molecule has 132 valence electrons. The van der Waals surface area contributed by atoms with Crippen molar-refractivity contribution in [3.63, 3.8) is 0 Å². The summed E-state index contributed by atoms with van der Waals surface area (Å²) in [7, 11) is 3.28. The van der Waals surface area contributed by atoms with Crippen molar-refractivity contribution in [2.75, 3.05) is 14.2 Å². The Kier molecular flexibility index (Phi) is 7.01. The molecule has 0 aromatic heterocycles. The van der Waals surface area contributed by atoms with E-state index < -0.39 is 0 Å². The number of hydrogen-bond donors (Lipinski definition) is 1. The van der Waals surface area contributed by atoms with Crippen molar-refractivity contribution in [2.24, 2.45) is 5.10 Å². The SMILES string of the molecule is COc1ccc(CCCC(=O)N/N=C/c2ccc(C)c(OC)c2)cc1. The van der Waals surface area contributed by atoms with Gasteiger partial charge in [0.1, 0.15) is 11.5 Å². The monoisotopic (exact) mass is 340 g/mol. The fraction of sp³-hybridized carbons (Fsp3) is 0.300. The minimum Gasteiger partial charge on any atom is -0.497 e. The van der Waals surface area contributed by atoms with Gasteiger partial charge >= 0.3 is 0 Å². The molecule has 0 aliphatic rings. The van der Waals surface area contributed by atoms with Gasteiger partial charge in [-0.2, -0.15) is 5.10 Å². The average Bonchev–Trinajstić information content (AvgIpc) is 2.63. The lowest BCUT2D eigenvalue weighted by molar-refractivity contribution is -0.121. The number of rotatable bonds is 8. The number of aryl methyl sites for hydroxylation is 2. The molecule has 0 saturated heterocycles. The van der Waals surface area contributed by atoms with Gasteiger partial charge in [-0.15, -0.1) is 0 Å². The molecule has 0 aliphatic heterocycles. The lowest BCUT2D eigenvalue weighted by Gasteiger charge is -2.05. The molecular weight excluding hydrogens is 316 g/mol. The summed E-state index contributed by atoms with van der Waals surface area (Å²) in [6, 6.07) is 13.6. The predicted octanol–water partition coefficient (Wildman–Crippen LogP) is 3.49. The number of nitrogens with zero attached hydrogens (tertiary/aromatic N) is 1. The molecule has 2 rings (SSSR count). The van der Waals surface area contributed by atoms with Gasteiger partial charge in [0.25, 0.3) is 0 Å². The Balaban J connectivity index is 1.74. The van der Waals surface area contributed by atoms with Crippen LogP contribution in [-0.2, 0) is 11.2 Å². The maximum Gasteiger partial charge on any atom is 0.240 e. The molecule has 0 bridgehead atoms. The van der Waals surface area contributed by atoms with E-state index in [9.17, 15) is 4.79 Å². The van der Waals surface area contributed by atoms with E-state index in [0.717, 1.165) is 35.5 Å². The van der Waals surface area contributed by atoms with Crippen LogP contribution in [0.2, 0.25) is 0 Å². The van der Waals surface area contributed by atoms with Crippen LogP contribution in [0.25, 0.3) is 0 Å². The summed E-state index contributed by atoms with van der Waals surface area (Å²) in [5, 5.41) is 4.00. The minimum absolute atomic E-state index is 0.0937. The molecule has 1 N–H and O–H groups in total. The zero-order valence-electron chi connectivity index (χ0n) is 14.9. The van der Waals surface area contributed by atoms with E-state index in [2.05, 4.69) is 10.5 Å². The zero-order valence-corrected chi connectivity index (χ0v) is 14.9. The topological polar surface area (TPSA) is 59.9 Å². The second-order valence-electron chi connectivity index (χ2n) is 5.72. The maximum atomic E-state index is 11.8. The third-order valence-electron chi connectivity index (χ3n) is 3.86. The van der Waals surface area contributed by atoms with Crippen molar-refractivity contribution in [1.82, 2.24) is 5.43 Å². The van der Waals surface area contributed by atoms with Crippen molar-refractivity contribution < 1.29 is 14.3 Å². The molecule has 0 radical (unpaired) electrons. The first-order chi connectivity index (χ1) is 12.1. The van der Waals surface area contributed by atoms with Gasteiger partial charge in [-0.1, -0.05) is 24.3 Å². The lowest BCUT2D eigenvalue weighted by atomic mass is 10.1. The largest absolute Gasteiger partial charge is 0.497 e. The molecular formula is C20H24N2O3. The van der Waals surface area contributed by atoms with Crippen LogP contribution in [0.4, 0.5) is 0 Å². The fourth-order valence-corrected chi connectivity index (χ4v) is 2.40. The Morgan fingerprint density at radius 1 is 1.12 bits per heavy atom. The average molecular weight is 340 g/mol. The summed E-state index contributed by atoms with van der Waals surface area (Å²) in [5.74, 6) is 1.54. The Labute approximate surface area is 148 Å². The number of benzene rings is 2. The fourth-order valence-electron chi connectivity index (χ4n) is 2.40. The number of hydrazone groups is 1. The molecule has 0 atom stereocenters. The van der Waals surface area contributed by atoms with Crippen molar-refractivity contribution in [3.8, 4) is 11.5 Å². The Morgan fingerprint density at radius 2 is 1.88 bits per heavy atom. The van der Waals surface area contributed by atoms with Gasteiger partial charge in [0.05, 0.1) is 20.4 Å².